The third-order valence-electron chi connectivity index (χ3n) is 5.08. The van der Waals surface area contributed by atoms with Gasteiger partial charge in [-0.05, 0) is 31.0 Å². The Kier molecular flexibility index (Phi) is 9.30. The second kappa shape index (κ2) is 11.7. The predicted molar refractivity (Wildman–Crippen MR) is 117 cm³/mol. The van der Waals surface area contributed by atoms with Gasteiger partial charge in [0.25, 0.3) is 5.91 Å². The topological polar surface area (TPSA) is 110 Å². The molecule has 1 amide bonds. The van der Waals surface area contributed by atoms with Crippen LogP contribution in [0.1, 0.15) is 53.8 Å². The number of ether oxygens (including phenoxy) is 1. The average molecular weight is 488 g/mol. The number of amides is 1. The molecule has 4 N–H and O–H groups in total. The molecule has 12 heteroatoms. The number of alkyl halides is 3. The van der Waals surface area contributed by atoms with Crippen LogP contribution in [-0.4, -0.2) is 42.2 Å². The van der Waals surface area contributed by atoms with E-state index in [1.165, 1.54) is 0 Å². The van der Waals surface area contributed by atoms with Gasteiger partial charge in [-0.15, -0.1) is 0 Å². The summed E-state index contributed by atoms with van der Waals surface area (Å²) in [6, 6.07) is 3.53. The van der Waals surface area contributed by atoms with Crippen molar-refractivity contribution in [2.45, 2.75) is 44.3 Å². The molecule has 0 unspecified atom stereocenters. The van der Waals surface area contributed by atoms with E-state index >= 15 is 0 Å². The van der Waals surface area contributed by atoms with Gasteiger partial charge in [0.05, 0.1) is 30.1 Å². The number of hydrogen-bond acceptors (Lipinski definition) is 6. The van der Waals surface area contributed by atoms with Crippen molar-refractivity contribution >= 4 is 23.2 Å². The highest BCUT2D eigenvalue weighted by molar-refractivity contribution is 6.06. The zero-order valence-corrected chi connectivity index (χ0v) is 18.5. The number of nitrogens with two attached hydrogens (primary N) is 1. The Labute approximate surface area is 192 Å². The number of anilines is 2. The van der Waals surface area contributed by atoms with Crippen molar-refractivity contribution in [2.75, 3.05) is 25.3 Å². The average Bonchev–Trinajstić information content (AvgIpc) is 2.83. The van der Waals surface area contributed by atoms with Gasteiger partial charge < -0.3 is 20.9 Å². The SMILES string of the molecule is CO.COc1c(NC(=O)c2cccc(C(F)(F)F)n2)cc(C(F)=NC2CCCCC2)c(N)c1F. The quantitative estimate of drug-likeness (QED) is 0.320. The standard InChI is InChI=1S/C21H21F5N4O2.CH4O/c1-32-18-14(30-20(31)13-8-5-9-15(29-13)21(24,25)26)10-12(17(27)16(18)22)19(23)28-11-6-3-2-4-7-11;1-2/h5,8-11H,2-4,6-7,27H2,1H3,(H,30,31);2H,1H3. The summed E-state index contributed by atoms with van der Waals surface area (Å²) < 4.78 is 73.1. The maximum absolute atomic E-state index is 14.8. The number of aliphatic hydroxyl groups excluding tert-OH is 1. The molecule has 1 fully saturated rings. The number of hydrogen-bond donors (Lipinski definition) is 3. The van der Waals surface area contributed by atoms with Crippen LogP contribution in [0.4, 0.5) is 33.3 Å². The van der Waals surface area contributed by atoms with Crippen LogP contribution in [0.15, 0.2) is 29.3 Å². The fourth-order valence-corrected chi connectivity index (χ4v) is 3.45. The minimum atomic E-state index is -4.76. The van der Waals surface area contributed by atoms with Crippen molar-refractivity contribution in [2.24, 2.45) is 4.99 Å². The van der Waals surface area contributed by atoms with E-state index < -0.39 is 46.7 Å². The number of aromatic nitrogens is 1. The van der Waals surface area contributed by atoms with Gasteiger partial charge in [-0.3, -0.25) is 9.79 Å². The van der Waals surface area contributed by atoms with Crippen LogP contribution < -0.4 is 15.8 Å². The van der Waals surface area contributed by atoms with Gasteiger partial charge in [0, 0.05) is 7.11 Å². The Hall–Kier alpha value is -3.28. The number of rotatable bonds is 5. The molecule has 0 atom stereocenters. The number of benzene rings is 1. The van der Waals surface area contributed by atoms with E-state index in [2.05, 4.69) is 15.3 Å². The van der Waals surface area contributed by atoms with E-state index in [4.69, 9.17) is 15.6 Å². The summed E-state index contributed by atoms with van der Waals surface area (Å²) in [5, 5.41) is 9.21. The normalized spacial score (nSPS) is 14.8. The Balaban J connectivity index is 0.00000199. The van der Waals surface area contributed by atoms with Gasteiger partial charge in [-0.25, -0.2) is 9.37 Å². The first-order valence-electron chi connectivity index (χ1n) is 10.3. The summed E-state index contributed by atoms with van der Waals surface area (Å²) in [4.78, 5) is 19.8. The van der Waals surface area contributed by atoms with Crippen LogP contribution in [0.25, 0.3) is 0 Å². The third kappa shape index (κ3) is 6.40. The number of aliphatic hydroxyl groups is 1. The lowest BCUT2D eigenvalue weighted by Crippen LogP contribution is -2.18. The second-order valence-corrected chi connectivity index (χ2v) is 7.30. The van der Waals surface area contributed by atoms with Crippen LogP contribution in [0.5, 0.6) is 5.75 Å². The van der Waals surface area contributed by atoms with E-state index in [0.29, 0.717) is 18.9 Å². The van der Waals surface area contributed by atoms with Gasteiger partial charge in [0.15, 0.2) is 11.6 Å². The molecule has 1 aliphatic rings. The van der Waals surface area contributed by atoms with E-state index in [0.717, 1.165) is 51.7 Å². The molecular weight excluding hydrogens is 463 g/mol. The molecule has 1 aliphatic carbocycles. The number of aliphatic imine (C=N–C) groups is 1. The first kappa shape index (κ1) is 27.0. The highest BCUT2D eigenvalue weighted by atomic mass is 19.4. The number of methoxy groups -OCH3 is 1. The molecular formula is C22H25F5N4O3. The molecule has 0 radical (unpaired) electrons. The Morgan fingerprint density at radius 3 is 2.47 bits per heavy atom. The second-order valence-electron chi connectivity index (χ2n) is 7.30. The molecule has 0 spiro atoms. The number of pyridine rings is 1. The summed E-state index contributed by atoms with van der Waals surface area (Å²) >= 11 is 0. The van der Waals surface area contributed by atoms with Crippen LogP contribution in [0, 0.1) is 5.82 Å². The maximum Gasteiger partial charge on any atom is 0.433 e. The molecule has 186 valence electrons. The number of nitrogens with one attached hydrogen (secondary N) is 1. The lowest BCUT2D eigenvalue weighted by atomic mass is 9.96. The minimum absolute atomic E-state index is 0.263. The number of nitrogens with zero attached hydrogens (tertiary/aromatic N) is 2. The highest BCUT2D eigenvalue weighted by Gasteiger charge is 2.33. The molecule has 0 saturated heterocycles. The predicted octanol–water partition coefficient (Wildman–Crippen LogP) is 4.74. The molecule has 1 saturated carbocycles. The molecule has 1 heterocycles. The van der Waals surface area contributed by atoms with Crippen molar-refractivity contribution in [1.29, 1.82) is 0 Å². The number of carbonyl (C=O) groups is 1. The summed E-state index contributed by atoms with van der Waals surface area (Å²) in [5.74, 6) is -3.71. The Morgan fingerprint density at radius 1 is 1.24 bits per heavy atom. The number of nitrogen functional groups attached to an aromatic ring is 1. The van der Waals surface area contributed by atoms with Crippen LogP contribution in [-0.2, 0) is 6.18 Å². The zero-order chi connectivity index (χ0) is 25.5. The molecule has 1 aromatic heterocycles. The van der Waals surface area contributed by atoms with Crippen molar-refractivity contribution in [3.63, 3.8) is 0 Å². The largest absolute Gasteiger partial charge is 0.492 e. The van der Waals surface area contributed by atoms with Crippen molar-refractivity contribution in [3.05, 3.63) is 47.0 Å². The van der Waals surface area contributed by atoms with Crippen molar-refractivity contribution in [1.82, 2.24) is 4.98 Å². The highest BCUT2D eigenvalue weighted by Crippen LogP contribution is 2.36. The summed E-state index contributed by atoms with van der Waals surface area (Å²) in [5.41, 5.74) is 2.60. The van der Waals surface area contributed by atoms with Crippen molar-refractivity contribution in [3.8, 4) is 5.75 Å². The monoisotopic (exact) mass is 488 g/mol. The van der Waals surface area contributed by atoms with E-state index in [1.807, 2.05) is 0 Å². The van der Waals surface area contributed by atoms with E-state index in [1.54, 1.807) is 0 Å². The maximum atomic E-state index is 14.8. The zero-order valence-electron chi connectivity index (χ0n) is 18.5. The van der Waals surface area contributed by atoms with E-state index in [9.17, 15) is 26.7 Å². The van der Waals surface area contributed by atoms with Gasteiger partial charge >= 0.3 is 6.18 Å². The summed E-state index contributed by atoms with van der Waals surface area (Å²) in [7, 11) is 2.10. The molecule has 34 heavy (non-hydrogen) atoms. The fourth-order valence-electron chi connectivity index (χ4n) is 3.45. The van der Waals surface area contributed by atoms with Crippen molar-refractivity contribution < 1.29 is 36.6 Å². The molecule has 7 nitrogen and oxygen atoms in total. The van der Waals surface area contributed by atoms with Gasteiger partial charge in [0.2, 0.25) is 5.97 Å². The molecule has 0 bridgehead atoms. The number of halogens is 5. The summed E-state index contributed by atoms with van der Waals surface area (Å²) in [6.07, 6.45) is -0.536. The smallest absolute Gasteiger partial charge is 0.433 e. The lowest BCUT2D eigenvalue weighted by Gasteiger charge is -2.19. The Bertz CT molecular complexity index is 1040. The Morgan fingerprint density at radius 2 is 1.88 bits per heavy atom. The van der Waals surface area contributed by atoms with Crippen LogP contribution in [0.2, 0.25) is 0 Å². The van der Waals surface area contributed by atoms with Crippen LogP contribution in [0.3, 0.4) is 0 Å². The van der Waals surface area contributed by atoms with Gasteiger partial charge in [-0.2, -0.15) is 17.6 Å². The molecule has 3 rings (SSSR count). The molecule has 1 aromatic carbocycles. The van der Waals surface area contributed by atoms with Gasteiger partial charge in [0.1, 0.15) is 11.4 Å². The van der Waals surface area contributed by atoms with Gasteiger partial charge in [-0.1, -0.05) is 25.3 Å². The molecule has 0 aliphatic heterocycles. The lowest BCUT2D eigenvalue weighted by molar-refractivity contribution is -0.141. The third-order valence-corrected chi connectivity index (χ3v) is 5.08. The first-order chi connectivity index (χ1) is 16.1. The fraction of sp³-hybridized carbons (Fsp3) is 0.409. The minimum Gasteiger partial charge on any atom is -0.492 e. The number of carbonyl (C=O) groups excluding carboxylic acids is 1. The first-order valence-corrected chi connectivity index (χ1v) is 10.3. The summed E-state index contributed by atoms with van der Waals surface area (Å²) in [6.45, 7) is 0. The van der Waals surface area contributed by atoms with Crippen LogP contribution >= 0.6 is 0 Å². The molecule has 2 aromatic rings. The van der Waals surface area contributed by atoms with E-state index in [-0.39, 0.29) is 17.3 Å².